The summed E-state index contributed by atoms with van der Waals surface area (Å²) in [4.78, 5) is 34.3. The molecule has 0 unspecified atom stereocenters. The van der Waals surface area contributed by atoms with E-state index in [1.807, 2.05) is 36.9 Å². The van der Waals surface area contributed by atoms with Gasteiger partial charge in [0.2, 0.25) is 5.91 Å². The average molecular weight is 365 g/mol. The number of pyridine rings is 1. The molecule has 0 N–H and O–H groups in total. The Bertz CT molecular complexity index is 915. The molecule has 4 rings (SSSR count). The number of carbonyl (C=O) groups excluding carboxylic acids is 2. The van der Waals surface area contributed by atoms with Gasteiger partial charge in [-0.15, -0.1) is 0 Å². The smallest absolute Gasteiger partial charge is 0.255 e. The zero-order valence-corrected chi connectivity index (χ0v) is 16.4. The Morgan fingerprint density at radius 1 is 1.11 bits per heavy atom. The second-order valence-corrected chi connectivity index (χ2v) is 7.97. The van der Waals surface area contributed by atoms with E-state index in [9.17, 15) is 9.59 Å². The summed E-state index contributed by atoms with van der Waals surface area (Å²) in [6.07, 6.45) is 4.62. The fourth-order valence-electron chi connectivity index (χ4n) is 4.47. The lowest BCUT2D eigenvalue weighted by Crippen LogP contribution is -2.54. The molecule has 1 aromatic heterocycles. The third kappa shape index (κ3) is 3.20. The van der Waals surface area contributed by atoms with Gasteiger partial charge in [-0.05, 0) is 50.8 Å². The van der Waals surface area contributed by atoms with Crippen LogP contribution >= 0.6 is 0 Å². The maximum atomic E-state index is 13.3. The highest BCUT2D eigenvalue weighted by molar-refractivity contribution is 6.08. The van der Waals surface area contributed by atoms with Crippen molar-refractivity contribution in [2.24, 2.45) is 0 Å². The molecule has 5 heteroatoms. The van der Waals surface area contributed by atoms with Crippen LogP contribution in [-0.2, 0) is 4.79 Å². The van der Waals surface area contributed by atoms with Gasteiger partial charge in [0.1, 0.15) is 6.54 Å². The number of rotatable bonds is 2. The Balaban J connectivity index is 1.62. The number of hydrogen-bond acceptors (Lipinski definition) is 3. The summed E-state index contributed by atoms with van der Waals surface area (Å²) < 4.78 is 0. The van der Waals surface area contributed by atoms with E-state index in [2.05, 4.69) is 11.9 Å². The van der Waals surface area contributed by atoms with Crippen molar-refractivity contribution < 1.29 is 9.59 Å². The van der Waals surface area contributed by atoms with Crippen LogP contribution in [-0.4, -0.2) is 52.3 Å². The van der Waals surface area contributed by atoms with Crippen molar-refractivity contribution in [3.8, 4) is 0 Å². The first kappa shape index (κ1) is 18.0. The van der Waals surface area contributed by atoms with E-state index in [0.717, 1.165) is 35.0 Å². The zero-order valence-electron chi connectivity index (χ0n) is 16.4. The predicted molar refractivity (Wildman–Crippen MR) is 106 cm³/mol. The normalized spacial score (nSPS) is 18.6. The standard InChI is InChI=1S/C22H27N3O2/c1-14-8-9-18-19(12-15(2)23-21(18)16(14)3)22(27)24-10-11-25(20(26)13-24)17-6-4-5-7-17/h8-9,12,17H,4-7,10-11,13H2,1-3H3. The predicted octanol–water partition coefficient (Wildman–Crippen LogP) is 3.39. The van der Waals surface area contributed by atoms with Crippen molar-refractivity contribution in [3.63, 3.8) is 0 Å². The highest BCUT2D eigenvalue weighted by atomic mass is 16.2. The van der Waals surface area contributed by atoms with Crippen LogP contribution in [0, 0.1) is 20.8 Å². The van der Waals surface area contributed by atoms with Gasteiger partial charge in [0.25, 0.3) is 5.91 Å². The monoisotopic (exact) mass is 365 g/mol. The van der Waals surface area contributed by atoms with Crippen LogP contribution in [0.5, 0.6) is 0 Å². The molecule has 2 amide bonds. The first-order valence-electron chi connectivity index (χ1n) is 9.92. The van der Waals surface area contributed by atoms with Crippen LogP contribution in [0.4, 0.5) is 0 Å². The number of aromatic nitrogens is 1. The van der Waals surface area contributed by atoms with Crippen LogP contribution in [0.1, 0.15) is 52.9 Å². The summed E-state index contributed by atoms with van der Waals surface area (Å²) in [7, 11) is 0. The van der Waals surface area contributed by atoms with Crippen molar-refractivity contribution in [1.82, 2.24) is 14.8 Å². The van der Waals surface area contributed by atoms with Gasteiger partial charge in [-0.2, -0.15) is 0 Å². The summed E-state index contributed by atoms with van der Waals surface area (Å²) in [6.45, 7) is 7.46. The Morgan fingerprint density at radius 2 is 1.85 bits per heavy atom. The van der Waals surface area contributed by atoms with E-state index in [-0.39, 0.29) is 18.4 Å². The molecule has 5 nitrogen and oxygen atoms in total. The minimum absolute atomic E-state index is 0.0619. The highest BCUT2D eigenvalue weighted by Crippen LogP contribution is 2.27. The van der Waals surface area contributed by atoms with E-state index in [1.54, 1.807) is 4.90 Å². The molecular formula is C22H27N3O2. The number of nitrogens with zero attached hydrogens (tertiary/aromatic N) is 3. The van der Waals surface area contributed by atoms with Gasteiger partial charge in [-0.1, -0.05) is 25.0 Å². The van der Waals surface area contributed by atoms with Gasteiger partial charge in [0.05, 0.1) is 11.1 Å². The SMILES string of the molecule is Cc1cc(C(=O)N2CCN(C3CCCC3)C(=O)C2)c2ccc(C)c(C)c2n1. The van der Waals surface area contributed by atoms with Gasteiger partial charge in [-0.3, -0.25) is 14.6 Å². The van der Waals surface area contributed by atoms with Crippen molar-refractivity contribution in [2.75, 3.05) is 19.6 Å². The second-order valence-electron chi connectivity index (χ2n) is 7.97. The summed E-state index contributed by atoms with van der Waals surface area (Å²) >= 11 is 0. The molecule has 2 fully saturated rings. The number of carbonyl (C=O) groups is 2. The van der Waals surface area contributed by atoms with Crippen LogP contribution in [0.2, 0.25) is 0 Å². The van der Waals surface area contributed by atoms with E-state index < -0.39 is 0 Å². The second kappa shape index (κ2) is 6.95. The number of fused-ring (bicyclic) bond motifs is 1. The van der Waals surface area contributed by atoms with Crippen LogP contribution in [0.3, 0.4) is 0 Å². The molecule has 1 saturated heterocycles. The molecule has 142 valence electrons. The fourth-order valence-corrected chi connectivity index (χ4v) is 4.47. The maximum absolute atomic E-state index is 13.3. The maximum Gasteiger partial charge on any atom is 0.255 e. The molecule has 2 aliphatic rings. The minimum Gasteiger partial charge on any atom is -0.336 e. The Hall–Kier alpha value is -2.43. The molecule has 2 heterocycles. The lowest BCUT2D eigenvalue weighted by Gasteiger charge is -2.38. The first-order valence-corrected chi connectivity index (χ1v) is 9.92. The summed E-state index contributed by atoms with van der Waals surface area (Å²) in [5.41, 5.74) is 4.64. The molecule has 0 spiro atoms. The number of piperazine rings is 1. The number of benzene rings is 1. The quantitative estimate of drug-likeness (QED) is 0.820. The van der Waals surface area contributed by atoms with E-state index in [1.165, 1.54) is 18.4 Å². The highest BCUT2D eigenvalue weighted by Gasteiger charge is 2.33. The van der Waals surface area contributed by atoms with E-state index in [4.69, 9.17) is 0 Å². The Morgan fingerprint density at radius 3 is 2.56 bits per heavy atom. The zero-order chi connectivity index (χ0) is 19.1. The van der Waals surface area contributed by atoms with Crippen molar-refractivity contribution >= 4 is 22.7 Å². The summed E-state index contributed by atoms with van der Waals surface area (Å²) in [5.74, 6) is 0.0248. The fraction of sp³-hybridized carbons (Fsp3) is 0.500. The molecule has 27 heavy (non-hydrogen) atoms. The summed E-state index contributed by atoms with van der Waals surface area (Å²) in [5, 5.41) is 0.874. The number of amides is 2. The van der Waals surface area contributed by atoms with Gasteiger partial charge in [0, 0.05) is 30.2 Å². The summed E-state index contributed by atoms with van der Waals surface area (Å²) in [6, 6.07) is 6.25. The molecule has 1 aromatic carbocycles. The molecule has 1 saturated carbocycles. The number of aryl methyl sites for hydroxylation is 3. The third-order valence-corrected chi connectivity index (χ3v) is 6.17. The molecule has 1 aliphatic heterocycles. The van der Waals surface area contributed by atoms with Gasteiger partial charge < -0.3 is 9.80 Å². The van der Waals surface area contributed by atoms with Crippen molar-refractivity contribution in [1.29, 1.82) is 0 Å². The van der Waals surface area contributed by atoms with E-state index >= 15 is 0 Å². The molecule has 0 bridgehead atoms. The third-order valence-electron chi connectivity index (χ3n) is 6.17. The Labute approximate surface area is 160 Å². The van der Waals surface area contributed by atoms with Crippen molar-refractivity contribution in [2.45, 2.75) is 52.5 Å². The van der Waals surface area contributed by atoms with E-state index in [0.29, 0.717) is 24.7 Å². The van der Waals surface area contributed by atoms with Crippen LogP contribution in [0.15, 0.2) is 18.2 Å². The minimum atomic E-state index is -0.0619. The molecule has 2 aromatic rings. The van der Waals surface area contributed by atoms with Crippen LogP contribution < -0.4 is 0 Å². The van der Waals surface area contributed by atoms with Gasteiger partial charge >= 0.3 is 0 Å². The molecule has 0 radical (unpaired) electrons. The van der Waals surface area contributed by atoms with Crippen molar-refractivity contribution in [3.05, 3.63) is 40.6 Å². The lowest BCUT2D eigenvalue weighted by molar-refractivity contribution is -0.137. The van der Waals surface area contributed by atoms with Gasteiger partial charge in [-0.25, -0.2) is 0 Å². The average Bonchev–Trinajstić information content (AvgIpc) is 3.18. The van der Waals surface area contributed by atoms with Gasteiger partial charge in [0.15, 0.2) is 0 Å². The lowest BCUT2D eigenvalue weighted by atomic mass is 10.00. The number of hydrogen-bond donors (Lipinski definition) is 0. The molecule has 1 aliphatic carbocycles. The van der Waals surface area contributed by atoms with Crippen LogP contribution in [0.25, 0.3) is 10.9 Å². The topological polar surface area (TPSA) is 53.5 Å². The Kier molecular flexibility index (Phi) is 4.62. The molecular weight excluding hydrogens is 338 g/mol. The first-order chi connectivity index (χ1) is 13.0. The molecule has 0 atom stereocenters. The largest absolute Gasteiger partial charge is 0.336 e.